The molecule has 0 amide bonds. The monoisotopic (exact) mass is 301 g/mol. The highest BCUT2D eigenvalue weighted by Gasteiger charge is 2.26. The number of benzene rings is 1. The van der Waals surface area contributed by atoms with Crippen LogP contribution in [-0.4, -0.2) is 5.11 Å². The highest BCUT2D eigenvalue weighted by atomic mass is 79.9. The van der Waals surface area contributed by atoms with Gasteiger partial charge >= 0.3 is 0 Å². The molecule has 1 aliphatic carbocycles. The first kappa shape index (κ1) is 12.8. The molecule has 2 rings (SSSR count). The van der Waals surface area contributed by atoms with Crippen molar-refractivity contribution >= 4 is 15.9 Å². The van der Waals surface area contributed by atoms with Crippen molar-refractivity contribution in [1.82, 2.24) is 0 Å². The minimum absolute atomic E-state index is 0.291. The van der Waals surface area contributed by atoms with Crippen molar-refractivity contribution < 1.29 is 9.50 Å². The minimum Gasteiger partial charge on any atom is -0.505 e. The van der Waals surface area contributed by atoms with Crippen molar-refractivity contribution in [3.8, 4) is 5.75 Å². The highest BCUT2D eigenvalue weighted by Crippen LogP contribution is 2.40. The molecule has 0 aliphatic heterocycles. The fourth-order valence-corrected chi connectivity index (χ4v) is 3.19. The summed E-state index contributed by atoms with van der Waals surface area (Å²) in [6.07, 6.45) is 5.71. The standard InChI is InChI=1S/C13H17BrFNO/c14-9-6-7-10(15)13(17)11(9)12(16)8-4-2-1-3-5-8/h6-8,12,17H,1-5,16H2/t12-/m1/s1. The minimum atomic E-state index is -0.602. The van der Waals surface area contributed by atoms with E-state index in [1.165, 1.54) is 25.3 Å². The summed E-state index contributed by atoms with van der Waals surface area (Å²) in [6, 6.07) is 2.56. The molecule has 1 aliphatic rings. The van der Waals surface area contributed by atoms with Crippen LogP contribution >= 0.6 is 15.9 Å². The Morgan fingerprint density at radius 3 is 2.59 bits per heavy atom. The molecule has 17 heavy (non-hydrogen) atoms. The second-order valence-corrected chi connectivity index (χ2v) is 5.57. The van der Waals surface area contributed by atoms with E-state index >= 15 is 0 Å². The Kier molecular flexibility index (Phi) is 4.05. The Morgan fingerprint density at radius 1 is 1.29 bits per heavy atom. The molecule has 1 atom stereocenters. The number of hydrogen-bond donors (Lipinski definition) is 2. The fraction of sp³-hybridized carbons (Fsp3) is 0.538. The smallest absolute Gasteiger partial charge is 0.165 e. The normalized spacial score (nSPS) is 19.2. The first-order chi connectivity index (χ1) is 8.11. The molecule has 3 N–H and O–H groups in total. The van der Waals surface area contributed by atoms with Gasteiger partial charge < -0.3 is 10.8 Å². The van der Waals surface area contributed by atoms with Crippen molar-refractivity contribution in [3.05, 3.63) is 28.0 Å². The van der Waals surface area contributed by atoms with E-state index in [9.17, 15) is 9.50 Å². The summed E-state index contributed by atoms with van der Waals surface area (Å²) in [5.41, 5.74) is 6.69. The first-order valence-corrected chi connectivity index (χ1v) is 6.83. The average Bonchev–Trinajstić information content (AvgIpc) is 2.35. The van der Waals surface area contributed by atoms with Gasteiger partial charge in [0.2, 0.25) is 0 Å². The van der Waals surface area contributed by atoms with E-state index in [0.29, 0.717) is 16.0 Å². The van der Waals surface area contributed by atoms with Gasteiger partial charge in [-0.05, 0) is 30.9 Å². The molecule has 2 nitrogen and oxygen atoms in total. The quantitative estimate of drug-likeness (QED) is 0.871. The van der Waals surface area contributed by atoms with Gasteiger partial charge in [0.05, 0.1) is 0 Å². The number of aromatic hydroxyl groups is 1. The Labute approximate surface area is 109 Å². The number of rotatable bonds is 2. The van der Waals surface area contributed by atoms with E-state index in [1.54, 1.807) is 6.07 Å². The predicted octanol–water partition coefficient (Wildman–Crippen LogP) is 3.87. The largest absolute Gasteiger partial charge is 0.505 e. The molecule has 0 aromatic heterocycles. The topological polar surface area (TPSA) is 46.2 Å². The molecule has 94 valence electrons. The van der Waals surface area contributed by atoms with Crippen LogP contribution in [0.15, 0.2) is 16.6 Å². The van der Waals surface area contributed by atoms with Gasteiger partial charge in [0.15, 0.2) is 11.6 Å². The molecule has 4 heteroatoms. The number of hydrogen-bond acceptors (Lipinski definition) is 2. The Bertz CT molecular complexity index is 405. The molecule has 0 unspecified atom stereocenters. The zero-order valence-electron chi connectivity index (χ0n) is 9.63. The second-order valence-electron chi connectivity index (χ2n) is 4.72. The van der Waals surface area contributed by atoms with E-state index in [-0.39, 0.29) is 11.8 Å². The van der Waals surface area contributed by atoms with Crippen LogP contribution in [0.2, 0.25) is 0 Å². The van der Waals surface area contributed by atoms with Crippen molar-refractivity contribution in [2.75, 3.05) is 0 Å². The van der Waals surface area contributed by atoms with Gasteiger partial charge in [-0.1, -0.05) is 35.2 Å². The summed E-state index contributed by atoms with van der Waals surface area (Å²) in [4.78, 5) is 0. The van der Waals surface area contributed by atoms with E-state index < -0.39 is 5.82 Å². The van der Waals surface area contributed by atoms with Gasteiger partial charge in [0.25, 0.3) is 0 Å². The number of halogens is 2. The number of phenolic OH excluding ortho intramolecular Hbond substituents is 1. The maximum absolute atomic E-state index is 13.4. The molecule has 0 radical (unpaired) electrons. The zero-order valence-corrected chi connectivity index (χ0v) is 11.2. The highest BCUT2D eigenvalue weighted by molar-refractivity contribution is 9.10. The molecule has 1 aromatic rings. The van der Waals surface area contributed by atoms with Gasteiger partial charge in [-0.2, -0.15) is 0 Å². The molecular weight excluding hydrogens is 285 g/mol. The van der Waals surface area contributed by atoms with Crippen LogP contribution in [0.5, 0.6) is 5.75 Å². The SMILES string of the molecule is N[C@@H](c1c(Br)ccc(F)c1O)C1CCCCC1. The van der Waals surface area contributed by atoms with Gasteiger partial charge in [-0.15, -0.1) is 0 Å². The summed E-state index contributed by atoms with van der Waals surface area (Å²) < 4.78 is 14.0. The van der Waals surface area contributed by atoms with Crippen molar-refractivity contribution in [3.63, 3.8) is 0 Å². The number of nitrogens with two attached hydrogens (primary N) is 1. The van der Waals surface area contributed by atoms with Crippen LogP contribution in [0.3, 0.4) is 0 Å². The molecule has 0 saturated heterocycles. The van der Waals surface area contributed by atoms with Gasteiger partial charge in [-0.3, -0.25) is 0 Å². The lowest BCUT2D eigenvalue weighted by atomic mass is 9.81. The Hall–Kier alpha value is -0.610. The van der Waals surface area contributed by atoms with Crippen molar-refractivity contribution in [2.24, 2.45) is 11.7 Å². The van der Waals surface area contributed by atoms with Crippen molar-refractivity contribution in [1.29, 1.82) is 0 Å². The molecule has 0 heterocycles. The maximum Gasteiger partial charge on any atom is 0.165 e. The third-order valence-electron chi connectivity index (χ3n) is 3.61. The molecular formula is C13H17BrFNO. The van der Waals surface area contributed by atoms with Gasteiger partial charge in [-0.25, -0.2) is 4.39 Å². The molecule has 1 aromatic carbocycles. The first-order valence-electron chi connectivity index (χ1n) is 6.03. The van der Waals surface area contributed by atoms with Crippen LogP contribution in [0.4, 0.5) is 4.39 Å². The van der Waals surface area contributed by atoms with Crippen LogP contribution in [0, 0.1) is 11.7 Å². The fourth-order valence-electron chi connectivity index (χ4n) is 2.60. The van der Waals surface area contributed by atoms with E-state index in [1.807, 2.05) is 0 Å². The summed E-state index contributed by atoms with van der Waals surface area (Å²) in [7, 11) is 0. The molecule has 0 bridgehead atoms. The number of phenols is 1. The Morgan fingerprint density at radius 2 is 1.94 bits per heavy atom. The van der Waals surface area contributed by atoms with E-state index in [2.05, 4.69) is 15.9 Å². The lowest BCUT2D eigenvalue weighted by Crippen LogP contribution is -2.24. The lowest BCUT2D eigenvalue weighted by molar-refractivity contribution is 0.300. The average molecular weight is 302 g/mol. The summed E-state index contributed by atoms with van der Waals surface area (Å²) >= 11 is 3.34. The molecule has 1 saturated carbocycles. The summed E-state index contributed by atoms with van der Waals surface area (Å²) in [5, 5.41) is 9.79. The van der Waals surface area contributed by atoms with Crippen LogP contribution < -0.4 is 5.73 Å². The Balaban J connectivity index is 2.29. The molecule has 1 fully saturated rings. The van der Waals surface area contributed by atoms with E-state index in [4.69, 9.17) is 5.73 Å². The van der Waals surface area contributed by atoms with Crippen LogP contribution in [0.1, 0.15) is 43.7 Å². The van der Waals surface area contributed by atoms with Crippen molar-refractivity contribution in [2.45, 2.75) is 38.1 Å². The maximum atomic E-state index is 13.4. The van der Waals surface area contributed by atoms with Crippen LogP contribution in [0.25, 0.3) is 0 Å². The van der Waals surface area contributed by atoms with Gasteiger partial charge in [0, 0.05) is 16.1 Å². The zero-order chi connectivity index (χ0) is 12.4. The second kappa shape index (κ2) is 5.36. The third-order valence-corrected chi connectivity index (χ3v) is 4.30. The lowest BCUT2D eigenvalue weighted by Gasteiger charge is -2.28. The molecule has 0 spiro atoms. The van der Waals surface area contributed by atoms with Crippen LogP contribution in [-0.2, 0) is 0 Å². The summed E-state index contributed by atoms with van der Waals surface area (Å²) in [6.45, 7) is 0. The van der Waals surface area contributed by atoms with E-state index in [0.717, 1.165) is 12.8 Å². The van der Waals surface area contributed by atoms with Gasteiger partial charge in [0.1, 0.15) is 0 Å². The predicted molar refractivity (Wildman–Crippen MR) is 69.3 cm³/mol. The third kappa shape index (κ3) is 2.63. The summed E-state index contributed by atoms with van der Waals surface area (Å²) in [5.74, 6) is -0.570.